The Labute approximate surface area is 130 Å². The molecule has 1 aromatic rings. The number of alkyl halides is 3. The van der Waals surface area contributed by atoms with Crippen molar-refractivity contribution in [1.82, 2.24) is 0 Å². The summed E-state index contributed by atoms with van der Waals surface area (Å²) in [5.74, 6) is -3.61. The molecule has 2 aliphatic rings. The lowest BCUT2D eigenvalue weighted by Crippen LogP contribution is -2.44. The highest BCUT2D eigenvalue weighted by Gasteiger charge is 2.49. The summed E-state index contributed by atoms with van der Waals surface area (Å²) in [6, 6.07) is 4.11. The van der Waals surface area contributed by atoms with Crippen LogP contribution < -0.4 is 5.32 Å². The molecule has 1 amide bonds. The zero-order valence-corrected chi connectivity index (χ0v) is 12.0. The van der Waals surface area contributed by atoms with Crippen LogP contribution in [0.4, 0.5) is 18.9 Å². The van der Waals surface area contributed by atoms with Gasteiger partial charge in [-0.25, -0.2) is 0 Å². The highest BCUT2D eigenvalue weighted by molar-refractivity contribution is 6.24. The van der Waals surface area contributed by atoms with Gasteiger partial charge in [-0.2, -0.15) is 13.2 Å². The number of anilines is 1. The number of carbonyl (C=O) groups excluding carboxylic acids is 3. The molecule has 2 unspecified atom stereocenters. The highest BCUT2D eigenvalue weighted by Crippen LogP contribution is 2.40. The summed E-state index contributed by atoms with van der Waals surface area (Å²) in [6.07, 6.45) is -2.84. The van der Waals surface area contributed by atoms with Gasteiger partial charge in [0.2, 0.25) is 5.91 Å². The van der Waals surface area contributed by atoms with Gasteiger partial charge in [-0.05, 0) is 37.5 Å². The van der Waals surface area contributed by atoms with Gasteiger partial charge in [0.15, 0.2) is 17.5 Å². The van der Waals surface area contributed by atoms with Crippen LogP contribution in [-0.2, 0) is 20.6 Å². The number of hydrogen-bond donors (Lipinski definition) is 1. The van der Waals surface area contributed by atoms with Crippen LogP contribution in [0, 0.1) is 17.8 Å². The third kappa shape index (κ3) is 2.87. The van der Waals surface area contributed by atoms with Crippen molar-refractivity contribution < 1.29 is 27.6 Å². The van der Waals surface area contributed by atoms with Crippen molar-refractivity contribution in [1.29, 1.82) is 0 Å². The summed E-state index contributed by atoms with van der Waals surface area (Å²) in [7, 11) is 0. The molecular weight excluding hydrogens is 311 g/mol. The van der Waals surface area contributed by atoms with Crippen LogP contribution in [0.1, 0.15) is 24.8 Å². The van der Waals surface area contributed by atoms with Crippen molar-refractivity contribution in [3.8, 4) is 0 Å². The van der Waals surface area contributed by atoms with E-state index in [1.54, 1.807) is 0 Å². The fourth-order valence-electron chi connectivity index (χ4n) is 3.36. The van der Waals surface area contributed by atoms with Crippen LogP contribution in [-0.4, -0.2) is 17.5 Å². The van der Waals surface area contributed by atoms with Crippen LogP contribution in [0.2, 0.25) is 0 Å². The van der Waals surface area contributed by atoms with Crippen LogP contribution in [0.5, 0.6) is 0 Å². The molecule has 23 heavy (non-hydrogen) atoms. The minimum Gasteiger partial charge on any atom is -0.325 e. The number of carbonyl (C=O) groups is 3. The molecule has 0 spiro atoms. The van der Waals surface area contributed by atoms with Gasteiger partial charge >= 0.3 is 6.18 Å². The summed E-state index contributed by atoms with van der Waals surface area (Å²) < 4.78 is 38.0. The summed E-state index contributed by atoms with van der Waals surface area (Å²) in [4.78, 5) is 36.6. The van der Waals surface area contributed by atoms with Crippen LogP contribution in [0.25, 0.3) is 0 Å². The second-order valence-electron chi connectivity index (χ2n) is 6.01. The molecule has 4 nitrogen and oxygen atoms in total. The monoisotopic (exact) mass is 325 g/mol. The van der Waals surface area contributed by atoms with Gasteiger partial charge in [0.05, 0.1) is 5.56 Å². The maximum Gasteiger partial charge on any atom is 0.416 e. The number of amides is 1. The lowest BCUT2D eigenvalue weighted by atomic mass is 9.78. The predicted octanol–water partition coefficient (Wildman–Crippen LogP) is 2.83. The molecule has 2 bridgehead atoms. The van der Waals surface area contributed by atoms with Crippen molar-refractivity contribution >= 4 is 23.2 Å². The van der Waals surface area contributed by atoms with E-state index in [1.165, 1.54) is 6.07 Å². The van der Waals surface area contributed by atoms with Crippen LogP contribution in [0.3, 0.4) is 0 Å². The molecule has 2 fully saturated rings. The first-order chi connectivity index (χ1) is 10.8. The Hall–Kier alpha value is -2.18. The summed E-state index contributed by atoms with van der Waals surface area (Å²) in [5, 5.41) is 2.27. The molecule has 0 saturated heterocycles. The topological polar surface area (TPSA) is 63.2 Å². The molecule has 2 aliphatic carbocycles. The normalized spacial score (nSPS) is 27.2. The van der Waals surface area contributed by atoms with E-state index in [9.17, 15) is 27.6 Å². The quantitative estimate of drug-likeness (QED) is 0.851. The Morgan fingerprint density at radius 2 is 1.70 bits per heavy atom. The lowest BCUT2D eigenvalue weighted by molar-refractivity contribution is -0.144. The van der Waals surface area contributed by atoms with Gasteiger partial charge < -0.3 is 5.32 Å². The minimum absolute atomic E-state index is 0.0802. The predicted molar refractivity (Wildman–Crippen MR) is 74.4 cm³/mol. The molecule has 2 saturated carbocycles. The lowest BCUT2D eigenvalue weighted by Gasteiger charge is -2.24. The molecule has 3 rings (SSSR count). The fourth-order valence-corrected chi connectivity index (χ4v) is 3.36. The first kappa shape index (κ1) is 15.7. The second-order valence-corrected chi connectivity index (χ2v) is 6.01. The fraction of sp³-hybridized carbons (Fsp3) is 0.438. The van der Waals surface area contributed by atoms with Crippen molar-refractivity contribution in [2.75, 3.05) is 5.32 Å². The van der Waals surface area contributed by atoms with E-state index in [1.807, 2.05) is 0 Å². The molecule has 1 aromatic carbocycles. The molecule has 7 heteroatoms. The van der Waals surface area contributed by atoms with Crippen molar-refractivity contribution in [2.24, 2.45) is 17.8 Å². The van der Waals surface area contributed by atoms with Gasteiger partial charge in [0, 0.05) is 17.5 Å². The number of rotatable bonds is 2. The smallest absolute Gasteiger partial charge is 0.325 e. The Kier molecular flexibility index (Phi) is 3.74. The third-order valence-corrected chi connectivity index (χ3v) is 4.53. The van der Waals surface area contributed by atoms with E-state index >= 15 is 0 Å². The van der Waals surface area contributed by atoms with E-state index in [0.717, 1.165) is 18.2 Å². The van der Waals surface area contributed by atoms with E-state index in [4.69, 9.17) is 0 Å². The zero-order valence-electron chi connectivity index (χ0n) is 12.0. The maximum absolute atomic E-state index is 12.7. The van der Waals surface area contributed by atoms with Crippen LogP contribution in [0.15, 0.2) is 24.3 Å². The number of benzene rings is 1. The van der Waals surface area contributed by atoms with E-state index < -0.39 is 35.1 Å². The van der Waals surface area contributed by atoms with E-state index in [-0.39, 0.29) is 17.5 Å². The van der Waals surface area contributed by atoms with Gasteiger partial charge in [0.1, 0.15) is 0 Å². The first-order valence-corrected chi connectivity index (χ1v) is 7.33. The first-order valence-electron chi connectivity index (χ1n) is 7.33. The third-order valence-electron chi connectivity index (χ3n) is 4.53. The average Bonchev–Trinajstić information content (AvgIpc) is 2.92. The largest absolute Gasteiger partial charge is 0.416 e. The van der Waals surface area contributed by atoms with Gasteiger partial charge in [-0.15, -0.1) is 0 Å². The molecule has 0 heterocycles. The van der Waals surface area contributed by atoms with Crippen molar-refractivity contribution in [3.05, 3.63) is 29.8 Å². The number of halogens is 3. The SMILES string of the molecule is O=C(Nc1cccc(C(F)(F)F)c1)C1C(=O)C2CCC(C2)C1=O. The molecule has 122 valence electrons. The number of fused-ring (bicyclic) bond motifs is 2. The molecule has 0 aromatic heterocycles. The number of hydrogen-bond acceptors (Lipinski definition) is 3. The zero-order chi connectivity index (χ0) is 16.8. The average molecular weight is 325 g/mol. The van der Waals surface area contributed by atoms with Gasteiger partial charge in [0.25, 0.3) is 0 Å². The van der Waals surface area contributed by atoms with Crippen molar-refractivity contribution in [2.45, 2.75) is 25.4 Å². The molecule has 1 N–H and O–H groups in total. The maximum atomic E-state index is 12.7. The van der Waals surface area contributed by atoms with Gasteiger partial charge in [-0.1, -0.05) is 6.07 Å². The van der Waals surface area contributed by atoms with Crippen molar-refractivity contribution in [3.63, 3.8) is 0 Å². The number of ketones is 2. The van der Waals surface area contributed by atoms with E-state index in [2.05, 4.69) is 5.32 Å². The number of Topliss-reactive ketones (excluding diaryl/α,β-unsaturated/α-hetero) is 2. The highest BCUT2D eigenvalue weighted by atomic mass is 19.4. The Balaban J connectivity index is 1.79. The summed E-state index contributed by atoms with van der Waals surface area (Å²) in [6.45, 7) is 0. The molecule has 0 aliphatic heterocycles. The standard InChI is InChI=1S/C16H14F3NO3/c17-16(18,19)10-2-1-3-11(7-10)20-15(23)12-13(21)8-4-5-9(6-8)14(12)22/h1-3,7-9,12H,4-6H2,(H,20,23). The number of nitrogens with one attached hydrogen (secondary N) is 1. The van der Waals surface area contributed by atoms with Gasteiger partial charge in [-0.3, -0.25) is 14.4 Å². The Morgan fingerprint density at radius 3 is 2.26 bits per heavy atom. The summed E-state index contributed by atoms with van der Waals surface area (Å²) >= 11 is 0. The minimum atomic E-state index is -4.53. The molecule has 0 radical (unpaired) electrons. The Bertz CT molecular complexity index is 661. The Morgan fingerprint density at radius 1 is 1.09 bits per heavy atom. The van der Waals surface area contributed by atoms with E-state index in [0.29, 0.717) is 19.3 Å². The van der Waals surface area contributed by atoms with Crippen LogP contribution >= 0.6 is 0 Å². The second kappa shape index (κ2) is 5.47. The molecular formula is C16H14F3NO3. The molecule has 2 atom stereocenters. The summed E-state index contributed by atoms with van der Waals surface area (Å²) in [5.41, 5.74) is -0.986.